The van der Waals surface area contributed by atoms with Crippen LogP contribution in [-0.4, -0.2) is 15.6 Å². The minimum absolute atomic E-state index is 0.0662. The normalized spacial score (nSPS) is 11.0. The molecule has 0 unspecified atom stereocenters. The third-order valence-electron chi connectivity index (χ3n) is 3.49. The highest BCUT2D eigenvalue weighted by Gasteiger charge is 2.12. The second-order valence-corrected chi connectivity index (χ2v) is 5.30. The van der Waals surface area contributed by atoms with Crippen molar-refractivity contribution in [2.75, 3.05) is 0 Å². The maximum atomic E-state index is 12.2. The average Bonchev–Trinajstić information content (AvgIpc) is 2.89. The van der Waals surface area contributed by atoms with Crippen molar-refractivity contribution < 1.29 is 4.79 Å². The maximum Gasteiger partial charge on any atom is 0.168 e. The van der Waals surface area contributed by atoms with Gasteiger partial charge in [-0.1, -0.05) is 25.4 Å². The molecule has 0 aliphatic rings. The SMILES string of the molecule is CCC(CC)n1ccc(CC(=O)c2ccc(Cl)cc2)n1. The summed E-state index contributed by atoms with van der Waals surface area (Å²) in [6.07, 6.45) is 4.38. The molecule has 0 amide bonds. The van der Waals surface area contributed by atoms with E-state index in [1.54, 1.807) is 24.3 Å². The lowest BCUT2D eigenvalue weighted by Crippen LogP contribution is -2.09. The molecular weight excluding hydrogens is 272 g/mol. The Labute approximate surface area is 124 Å². The minimum atomic E-state index is 0.0662. The van der Waals surface area contributed by atoms with Crippen LogP contribution in [0.4, 0.5) is 0 Å². The van der Waals surface area contributed by atoms with Gasteiger partial charge in [-0.2, -0.15) is 5.10 Å². The molecule has 1 aromatic carbocycles. The summed E-state index contributed by atoms with van der Waals surface area (Å²) < 4.78 is 1.96. The van der Waals surface area contributed by atoms with Crippen LogP contribution >= 0.6 is 11.6 Å². The highest BCUT2D eigenvalue weighted by atomic mass is 35.5. The highest BCUT2D eigenvalue weighted by Crippen LogP contribution is 2.16. The molecule has 0 saturated carbocycles. The Morgan fingerprint density at radius 2 is 1.85 bits per heavy atom. The molecule has 0 aliphatic heterocycles. The molecule has 0 radical (unpaired) electrons. The Hall–Kier alpha value is -1.61. The fraction of sp³-hybridized carbons (Fsp3) is 0.375. The van der Waals surface area contributed by atoms with E-state index in [0.29, 0.717) is 23.0 Å². The third kappa shape index (κ3) is 3.48. The van der Waals surface area contributed by atoms with Crippen molar-refractivity contribution in [2.45, 2.75) is 39.2 Å². The van der Waals surface area contributed by atoms with Crippen LogP contribution in [-0.2, 0) is 6.42 Å². The van der Waals surface area contributed by atoms with Crippen LogP contribution in [0.3, 0.4) is 0 Å². The number of rotatable bonds is 6. The molecule has 2 rings (SSSR count). The smallest absolute Gasteiger partial charge is 0.168 e. The van der Waals surface area contributed by atoms with Crippen molar-refractivity contribution >= 4 is 17.4 Å². The fourth-order valence-corrected chi connectivity index (χ4v) is 2.37. The fourth-order valence-electron chi connectivity index (χ4n) is 2.24. The molecule has 0 N–H and O–H groups in total. The summed E-state index contributed by atoms with van der Waals surface area (Å²) >= 11 is 5.82. The van der Waals surface area contributed by atoms with E-state index in [2.05, 4.69) is 18.9 Å². The van der Waals surface area contributed by atoms with Crippen LogP contribution in [0.25, 0.3) is 0 Å². The first-order valence-corrected chi connectivity index (χ1v) is 7.34. The third-order valence-corrected chi connectivity index (χ3v) is 3.74. The van der Waals surface area contributed by atoms with Crippen LogP contribution < -0.4 is 0 Å². The molecule has 1 heterocycles. The van der Waals surface area contributed by atoms with Gasteiger partial charge in [0.15, 0.2) is 5.78 Å². The van der Waals surface area contributed by atoms with Gasteiger partial charge < -0.3 is 0 Å². The topological polar surface area (TPSA) is 34.9 Å². The van der Waals surface area contributed by atoms with E-state index in [-0.39, 0.29) is 5.78 Å². The van der Waals surface area contributed by atoms with Crippen LogP contribution in [0.2, 0.25) is 5.02 Å². The largest absolute Gasteiger partial charge is 0.294 e. The molecule has 0 saturated heterocycles. The summed E-state index contributed by atoms with van der Waals surface area (Å²) in [6.45, 7) is 4.29. The van der Waals surface area contributed by atoms with Gasteiger partial charge in [0, 0.05) is 16.8 Å². The van der Waals surface area contributed by atoms with Crippen LogP contribution in [0, 0.1) is 0 Å². The Kier molecular flexibility index (Phi) is 4.96. The highest BCUT2D eigenvalue weighted by molar-refractivity contribution is 6.30. The number of ketones is 1. The van der Waals surface area contributed by atoms with E-state index in [1.807, 2.05) is 16.9 Å². The number of carbonyl (C=O) groups is 1. The maximum absolute atomic E-state index is 12.2. The van der Waals surface area contributed by atoms with Gasteiger partial charge in [-0.25, -0.2) is 0 Å². The Morgan fingerprint density at radius 1 is 1.20 bits per heavy atom. The lowest BCUT2D eigenvalue weighted by molar-refractivity contribution is 0.0991. The summed E-state index contributed by atoms with van der Waals surface area (Å²) in [5, 5.41) is 5.14. The lowest BCUT2D eigenvalue weighted by atomic mass is 10.1. The first-order chi connectivity index (χ1) is 9.63. The minimum Gasteiger partial charge on any atom is -0.294 e. The quantitative estimate of drug-likeness (QED) is 0.743. The van der Waals surface area contributed by atoms with E-state index in [1.165, 1.54) is 0 Å². The summed E-state index contributed by atoms with van der Waals surface area (Å²) in [7, 11) is 0. The molecule has 20 heavy (non-hydrogen) atoms. The zero-order chi connectivity index (χ0) is 14.5. The summed E-state index contributed by atoms with van der Waals surface area (Å²) in [5.74, 6) is 0.0662. The molecule has 1 aromatic heterocycles. The molecular formula is C16H19ClN2O. The Bertz CT molecular complexity index is 570. The van der Waals surface area contributed by atoms with Crippen molar-refractivity contribution in [3.8, 4) is 0 Å². The number of carbonyl (C=O) groups excluding carboxylic acids is 1. The van der Waals surface area contributed by atoms with Crippen molar-refractivity contribution in [3.63, 3.8) is 0 Å². The van der Waals surface area contributed by atoms with Crippen molar-refractivity contribution in [1.82, 2.24) is 9.78 Å². The summed E-state index contributed by atoms with van der Waals surface area (Å²) in [6, 6.07) is 9.31. The van der Waals surface area contributed by atoms with Gasteiger partial charge in [-0.05, 0) is 43.2 Å². The van der Waals surface area contributed by atoms with E-state index in [9.17, 15) is 4.79 Å². The van der Waals surface area contributed by atoms with Crippen LogP contribution in [0.5, 0.6) is 0 Å². The van der Waals surface area contributed by atoms with Crippen molar-refractivity contribution in [3.05, 3.63) is 52.8 Å². The van der Waals surface area contributed by atoms with Crippen molar-refractivity contribution in [2.24, 2.45) is 0 Å². The number of aromatic nitrogens is 2. The zero-order valence-electron chi connectivity index (χ0n) is 11.8. The van der Waals surface area contributed by atoms with Crippen LogP contribution in [0.15, 0.2) is 36.5 Å². The molecule has 0 atom stereocenters. The number of hydrogen-bond donors (Lipinski definition) is 0. The molecule has 2 aromatic rings. The van der Waals surface area contributed by atoms with E-state index in [0.717, 1.165) is 18.5 Å². The van der Waals surface area contributed by atoms with E-state index >= 15 is 0 Å². The predicted molar refractivity (Wildman–Crippen MR) is 81.3 cm³/mol. The predicted octanol–water partition coefficient (Wildman–Crippen LogP) is 4.32. The number of benzene rings is 1. The van der Waals surface area contributed by atoms with Gasteiger partial charge in [-0.15, -0.1) is 0 Å². The van der Waals surface area contributed by atoms with Crippen LogP contribution in [0.1, 0.15) is 48.8 Å². The van der Waals surface area contributed by atoms with E-state index in [4.69, 9.17) is 11.6 Å². The molecule has 0 bridgehead atoms. The zero-order valence-corrected chi connectivity index (χ0v) is 12.6. The van der Waals surface area contributed by atoms with E-state index < -0.39 is 0 Å². The molecule has 0 fully saturated rings. The number of Topliss-reactive ketones (excluding diaryl/α,β-unsaturated/α-hetero) is 1. The summed E-state index contributed by atoms with van der Waals surface area (Å²) in [5.41, 5.74) is 1.49. The lowest BCUT2D eigenvalue weighted by Gasteiger charge is -2.12. The molecule has 106 valence electrons. The van der Waals surface area contributed by atoms with Gasteiger partial charge in [0.1, 0.15) is 0 Å². The Morgan fingerprint density at radius 3 is 2.45 bits per heavy atom. The number of halogens is 1. The van der Waals surface area contributed by atoms with Gasteiger partial charge in [-0.3, -0.25) is 9.48 Å². The summed E-state index contributed by atoms with van der Waals surface area (Å²) in [4.78, 5) is 12.2. The Balaban J connectivity index is 2.06. The molecule has 0 aliphatic carbocycles. The van der Waals surface area contributed by atoms with Gasteiger partial charge in [0.25, 0.3) is 0 Å². The standard InChI is InChI=1S/C16H19ClN2O/c1-3-15(4-2)19-10-9-14(18-19)11-16(20)12-5-7-13(17)8-6-12/h5-10,15H,3-4,11H2,1-2H3. The first kappa shape index (κ1) is 14.8. The number of hydrogen-bond acceptors (Lipinski definition) is 2. The second kappa shape index (κ2) is 6.71. The van der Waals surface area contributed by atoms with Gasteiger partial charge in [0.05, 0.1) is 18.2 Å². The van der Waals surface area contributed by atoms with Gasteiger partial charge >= 0.3 is 0 Å². The molecule has 0 spiro atoms. The monoisotopic (exact) mass is 290 g/mol. The molecule has 4 heteroatoms. The van der Waals surface area contributed by atoms with Crippen molar-refractivity contribution in [1.29, 1.82) is 0 Å². The second-order valence-electron chi connectivity index (χ2n) is 4.86. The average molecular weight is 291 g/mol. The van der Waals surface area contributed by atoms with Gasteiger partial charge in [0.2, 0.25) is 0 Å². The first-order valence-electron chi connectivity index (χ1n) is 6.96. The number of nitrogens with zero attached hydrogens (tertiary/aromatic N) is 2. The molecule has 3 nitrogen and oxygen atoms in total.